The summed E-state index contributed by atoms with van der Waals surface area (Å²) in [5.41, 5.74) is 4.75. The molecular weight excluding hydrogens is 392 g/mol. The van der Waals surface area contributed by atoms with Crippen molar-refractivity contribution in [2.45, 2.75) is 38.3 Å². The first-order valence-electron chi connectivity index (χ1n) is 10.7. The average Bonchev–Trinajstić information content (AvgIpc) is 2.77. The monoisotopic (exact) mass is 422 g/mol. The van der Waals surface area contributed by atoms with Gasteiger partial charge in [0.05, 0.1) is 37.6 Å². The van der Waals surface area contributed by atoms with Gasteiger partial charge in [-0.2, -0.15) is 0 Å². The van der Waals surface area contributed by atoms with Crippen LogP contribution in [0.15, 0.2) is 41.4 Å². The number of piperidine rings is 1. The molecule has 0 unspecified atom stereocenters. The van der Waals surface area contributed by atoms with Crippen LogP contribution >= 0.6 is 0 Å². The van der Waals surface area contributed by atoms with E-state index in [2.05, 4.69) is 18.0 Å². The predicted octanol–water partition coefficient (Wildman–Crippen LogP) is 3.91. The van der Waals surface area contributed by atoms with Crippen molar-refractivity contribution in [1.29, 1.82) is 0 Å². The van der Waals surface area contributed by atoms with Gasteiger partial charge in [-0.25, -0.2) is 4.79 Å². The van der Waals surface area contributed by atoms with E-state index in [0.29, 0.717) is 17.2 Å². The molecule has 2 aromatic carbocycles. The zero-order valence-corrected chi connectivity index (χ0v) is 18.8. The van der Waals surface area contributed by atoms with Crippen LogP contribution in [0.3, 0.4) is 0 Å². The molecule has 2 aromatic rings. The van der Waals surface area contributed by atoms with Gasteiger partial charge in [-0.15, -0.1) is 0 Å². The molecule has 0 amide bonds. The molecule has 2 aliphatic heterocycles. The highest BCUT2D eigenvalue weighted by molar-refractivity contribution is 6.15. The summed E-state index contributed by atoms with van der Waals surface area (Å²) in [6.45, 7) is 5.68. The molecule has 2 heterocycles. The van der Waals surface area contributed by atoms with Gasteiger partial charge >= 0.3 is 5.97 Å². The Balaban J connectivity index is 1.77. The topological polar surface area (TPSA) is 60.4 Å². The number of nitrogens with zero attached hydrogens (tertiary/aromatic N) is 2. The van der Waals surface area contributed by atoms with Crippen LogP contribution in [0.1, 0.15) is 53.2 Å². The normalized spacial score (nSPS) is 20.5. The summed E-state index contributed by atoms with van der Waals surface area (Å²) >= 11 is 0. The van der Waals surface area contributed by atoms with Crippen LogP contribution in [0.5, 0.6) is 11.5 Å². The van der Waals surface area contributed by atoms with E-state index >= 15 is 0 Å². The van der Waals surface area contributed by atoms with Gasteiger partial charge in [-0.3, -0.25) is 4.99 Å². The molecule has 1 saturated heterocycles. The van der Waals surface area contributed by atoms with Crippen molar-refractivity contribution in [3.63, 3.8) is 0 Å². The van der Waals surface area contributed by atoms with Gasteiger partial charge in [0.25, 0.3) is 0 Å². The third-order valence-corrected chi connectivity index (χ3v) is 6.02. The molecule has 31 heavy (non-hydrogen) atoms. The van der Waals surface area contributed by atoms with Gasteiger partial charge in [0.2, 0.25) is 0 Å². The smallest absolute Gasteiger partial charge is 0.338 e. The van der Waals surface area contributed by atoms with Crippen molar-refractivity contribution in [3.05, 3.63) is 58.7 Å². The highest BCUT2D eigenvalue weighted by atomic mass is 16.5. The molecule has 6 heteroatoms. The van der Waals surface area contributed by atoms with Gasteiger partial charge in [0.15, 0.2) is 11.5 Å². The first-order valence-corrected chi connectivity index (χ1v) is 10.7. The van der Waals surface area contributed by atoms with Crippen LogP contribution in [-0.4, -0.2) is 63.1 Å². The number of carbonyl (C=O) groups excluding carboxylic acids is 1. The van der Waals surface area contributed by atoms with Crippen molar-refractivity contribution in [2.75, 3.05) is 34.4 Å². The maximum atomic E-state index is 12.2. The Kier molecular flexibility index (Phi) is 6.01. The third-order valence-electron chi connectivity index (χ3n) is 6.02. The van der Waals surface area contributed by atoms with E-state index in [1.165, 1.54) is 5.56 Å². The molecule has 0 saturated carbocycles. The summed E-state index contributed by atoms with van der Waals surface area (Å²) in [5.74, 6) is 1.43. The van der Waals surface area contributed by atoms with E-state index in [1.54, 1.807) is 14.2 Å². The van der Waals surface area contributed by atoms with Crippen molar-refractivity contribution in [1.82, 2.24) is 4.90 Å². The molecule has 0 spiro atoms. The predicted molar refractivity (Wildman–Crippen MR) is 121 cm³/mol. The van der Waals surface area contributed by atoms with Crippen LogP contribution in [0.4, 0.5) is 0 Å². The summed E-state index contributed by atoms with van der Waals surface area (Å²) in [6, 6.07) is 11.9. The van der Waals surface area contributed by atoms with Crippen LogP contribution in [0, 0.1) is 0 Å². The van der Waals surface area contributed by atoms with Gasteiger partial charge in [-0.1, -0.05) is 12.1 Å². The lowest BCUT2D eigenvalue weighted by atomic mass is 9.79. The van der Waals surface area contributed by atoms with E-state index in [1.807, 2.05) is 44.2 Å². The molecule has 6 nitrogen and oxygen atoms in total. The van der Waals surface area contributed by atoms with Crippen LogP contribution in [0.2, 0.25) is 0 Å². The molecule has 0 aliphatic carbocycles. The quantitative estimate of drug-likeness (QED) is 0.684. The second-order valence-corrected chi connectivity index (χ2v) is 8.53. The number of likely N-dealkylation sites (N-methyl/N-ethyl adjacent to an activating group) is 1. The van der Waals surface area contributed by atoms with Crippen molar-refractivity contribution >= 4 is 11.7 Å². The molecule has 4 rings (SSSR count). The lowest BCUT2D eigenvalue weighted by Gasteiger charge is -2.39. The third kappa shape index (κ3) is 4.17. The highest BCUT2D eigenvalue weighted by Crippen LogP contribution is 2.42. The van der Waals surface area contributed by atoms with Gasteiger partial charge in [0.1, 0.15) is 0 Å². The molecule has 2 aliphatic rings. The Bertz CT molecular complexity index is 997. The van der Waals surface area contributed by atoms with Gasteiger partial charge in [-0.05, 0) is 63.7 Å². The summed E-state index contributed by atoms with van der Waals surface area (Å²) in [7, 11) is 5.47. The Morgan fingerprint density at radius 2 is 1.77 bits per heavy atom. The van der Waals surface area contributed by atoms with E-state index in [0.717, 1.165) is 42.1 Å². The maximum Gasteiger partial charge on any atom is 0.338 e. The van der Waals surface area contributed by atoms with E-state index < -0.39 is 0 Å². The zero-order valence-electron chi connectivity index (χ0n) is 18.8. The number of fused-ring (bicyclic) bond motifs is 3. The minimum atomic E-state index is -0.311. The Labute approximate surface area is 183 Å². The first-order chi connectivity index (χ1) is 14.9. The summed E-state index contributed by atoms with van der Waals surface area (Å²) in [4.78, 5) is 19.8. The van der Waals surface area contributed by atoms with E-state index in [4.69, 9.17) is 19.2 Å². The minimum Gasteiger partial charge on any atom is -0.493 e. The highest BCUT2D eigenvalue weighted by Gasteiger charge is 2.36. The second-order valence-electron chi connectivity index (χ2n) is 8.53. The SMILES string of the molecule is COc1cc2c(cc1OC)[C@H]1CN(C)CC[C@H]1N=C2c1ccc(C(=O)OC(C)C)cc1. The lowest BCUT2D eigenvalue weighted by molar-refractivity contribution is 0.0378. The van der Waals surface area contributed by atoms with Crippen LogP contribution in [-0.2, 0) is 4.74 Å². The molecule has 0 aromatic heterocycles. The number of rotatable bonds is 5. The summed E-state index contributed by atoms with van der Waals surface area (Å²) < 4.78 is 16.5. The number of carbonyl (C=O) groups is 1. The van der Waals surface area contributed by atoms with E-state index in [9.17, 15) is 4.79 Å². The fourth-order valence-electron chi connectivity index (χ4n) is 4.48. The number of hydrogen-bond donors (Lipinski definition) is 0. The number of esters is 1. The Morgan fingerprint density at radius 1 is 1.10 bits per heavy atom. The van der Waals surface area contributed by atoms with Crippen molar-refractivity contribution < 1.29 is 19.0 Å². The van der Waals surface area contributed by atoms with Gasteiger partial charge in [0, 0.05) is 23.6 Å². The standard InChI is InChI=1S/C25H30N2O4/c1-15(2)31-25(28)17-8-6-16(7-9-17)24-19-13-23(30-5)22(29-4)12-18(19)20-14-27(3)11-10-21(20)26-24/h6-9,12-13,15,20-21H,10-11,14H2,1-5H3/t20-,21-/m1/s1. The lowest BCUT2D eigenvalue weighted by Crippen LogP contribution is -2.41. The van der Waals surface area contributed by atoms with E-state index in [-0.39, 0.29) is 18.1 Å². The second kappa shape index (κ2) is 8.71. The summed E-state index contributed by atoms with van der Waals surface area (Å²) in [6.07, 6.45) is 0.864. The number of benzene rings is 2. The largest absolute Gasteiger partial charge is 0.493 e. The maximum absolute atomic E-state index is 12.2. The fraction of sp³-hybridized carbons (Fsp3) is 0.440. The number of hydrogen-bond acceptors (Lipinski definition) is 6. The minimum absolute atomic E-state index is 0.148. The average molecular weight is 423 g/mol. The van der Waals surface area contributed by atoms with Crippen LogP contribution in [0.25, 0.3) is 0 Å². The number of methoxy groups -OCH3 is 2. The van der Waals surface area contributed by atoms with Crippen LogP contribution < -0.4 is 9.47 Å². The molecule has 164 valence electrons. The molecule has 2 atom stereocenters. The summed E-state index contributed by atoms with van der Waals surface area (Å²) in [5, 5.41) is 0. The number of aliphatic imine (C=N–C) groups is 1. The Morgan fingerprint density at radius 3 is 2.42 bits per heavy atom. The van der Waals surface area contributed by atoms with Crippen molar-refractivity contribution in [3.8, 4) is 11.5 Å². The molecule has 0 bridgehead atoms. The molecule has 1 fully saturated rings. The molecule has 0 N–H and O–H groups in total. The number of likely N-dealkylation sites (tertiary alicyclic amines) is 1. The van der Waals surface area contributed by atoms with Gasteiger partial charge < -0.3 is 19.1 Å². The van der Waals surface area contributed by atoms with Crippen molar-refractivity contribution in [2.24, 2.45) is 4.99 Å². The zero-order chi connectivity index (χ0) is 22.1. The molecular formula is C25H30N2O4. The first kappa shape index (κ1) is 21.4. The fourth-order valence-corrected chi connectivity index (χ4v) is 4.48. The molecule has 0 radical (unpaired) electrons. The Hall–Kier alpha value is -2.86. The number of ether oxygens (including phenoxy) is 3.